The monoisotopic (exact) mass is 428 g/mol. The van der Waals surface area contributed by atoms with Crippen LogP contribution < -0.4 is 10.5 Å². The molecule has 30 heavy (non-hydrogen) atoms. The molecule has 3 N–H and O–H groups in total. The lowest BCUT2D eigenvalue weighted by molar-refractivity contribution is 0.302. The topological polar surface area (TPSA) is 93.8 Å². The van der Waals surface area contributed by atoms with Gasteiger partial charge in [0, 0.05) is 25.0 Å². The lowest BCUT2D eigenvalue weighted by Crippen LogP contribution is -2.25. The number of aromatic hydroxyl groups is 1. The normalized spacial score (nSPS) is 11.2. The molecule has 0 spiro atoms. The Morgan fingerprint density at radius 2 is 1.87 bits per heavy atom. The highest BCUT2D eigenvalue weighted by atomic mass is 32.1. The molecule has 0 saturated carbocycles. The zero-order valence-corrected chi connectivity index (χ0v) is 17.1. The van der Waals surface area contributed by atoms with Gasteiger partial charge in [-0.1, -0.05) is 0 Å². The first-order valence-electron chi connectivity index (χ1n) is 9.28. The average Bonchev–Trinajstić information content (AvgIpc) is 2.73. The second kappa shape index (κ2) is 9.47. The van der Waals surface area contributed by atoms with Crippen molar-refractivity contribution in [3.63, 3.8) is 0 Å². The maximum atomic E-state index is 13.2. The van der Waals surface area contributed by atoms with Crippen LogP contribution in [0.25, 0.3) is 5.69 Å². The predicted octanol–water partition coefficient (Wildman–Crippen LogP) is 3.31. The van der Waals surface area contributed by atoms with E-state index in [0.29, 0.717) is 17.9 Å². The molecule has 156 valence electrons. The van der Waals surface area contributed by atoms with Crippen molar-refractivity contribution in [2.45, 2.75) is 6.92 Å². The molecule has 0 radical (unpaired) electrons. The molecule has 1 heterocycles. The highest BCUT2D eigenvalue weighted by Gasteiger charge is 2.13. The molecule has 0 aliphatic carbocycles. The number of hydrogen-bond donors (Lipinski definition) is 3. The van der Waals surface area contributed by atoms with Crippen molar-refractivity contribution in [1.82, 2.24) is 9.55 Å². The molecular formula is C21H21FN4O3S. The molecule has 3 rings (SSSR count). The SMILES string of the molecule is CCN(CCO)c1ccc(N=Cc2c(O)n(-c3ccc(F)cc3)c(=S)[nH]c2=O)cc1. The molecular weight excluding hydrogens is 407 g/mol. The fourth-order valence-corrected chi connectivity index (χ4v) is 3.25. The summed E-state index contributed by atoms with van der Waals surface area (Å²) in [4.78, 5) is 21.1. The Morgan fingerprint density at radius 3 is 2.47 bits per heavy atom. The molecule has 0 amide bonds. The standard InChI is InChI=1S/C21H21FN4O3S/c1-2-25(11-12-27)16-9-5-15(6-10-16)23-13-18-19(28)24-21(30)26(20(18)29)17-7-3-14(22)4-8-17/h3-10,13,27,29H,2,11-12H2,1H3,(H,24,28,30). The largest absolute Gasteiger partial charge is 0.494 e. The number of aromatic amines is 1. The highest BCUT2D eigenvalue weighted by Crippen LogP contribution is 2.22. The maximum Gasteiger partial charge on any atom is 0.264 e. The summed E-state index contributed by atoms with van der Waals surface area (Å²) < 4.78 is 14.4. The molecule has 0 fully saturated rings. The number of H-pyrrole nitrogens is 1. The van der Waals surface area contributed by atoms with Gasteiger partial charge < -0.3 is 15.1 Å². The minimum atomic E-state index is -0.587. The fourth-order valence-electron chi connectivity index (χ4n) is 2.96. The summed E-state index contributed by atoms with van der Waals surface area (Å²) in [6, 6.07) is 12.6. The first-order chi connectivity index (χ1) is 14.4. The number of aliphatic hydroxyl groups is 1. The Hall–Kier alpha value is -3.30. The van der Waals surface area contributed by atoms with Gasteiger partial charge in [0.05, 0.1) is 18.0 Å². The van der Waals surface area contributed by atoms with Crippen molar-refractivity contribution in [2.75, 3.05) is 24.6 Å². The molecule has 0 aliphatic heterocycles. The molecule has 9 heteroatoms. The number of likely N-dealkylation sites (N-methyl/N-ethyl adjacent to an activating group) is 1. The first kappa shape index (κ1) is 21.4. The molecule has 0 unspecified atom stereocenters. The predicted molar refractivity (Wildman–Crippen MR) is 118 cm³/mol. The van der Waals surface area contributed by atoms with Crippen molar-refractivity contribution in [2.24, 2.45) is 4.99 Å². The van der Waals surface area contributed by atoms with Gasteiger partial charge >= 0.3 is 0 Å². The highest BCUT2D eigenvalue weighted by molar-refractivity contribution is 7.71. The van der Waals surface area contributed by atoms with Crippen molar-refractivity contribution in [3.05, 3.63) is 75.0 Å². The van der Waals surface area contributed by atoms with E-state index in [-0.39, 0.29) is 16.9 Å². The van der Waals surface area contributed by atoms with E-state index in [2.05, 4.69) is 9.98 Å². The van der Waals surface area contributed by atoms with Crippen LogP contribution >= 0.6 is 12.2 Å². The van der Waals surface area contributed by atoms with Crippen molar-refractivity contribution in [1.29, 1.82) is 0 Å². The van der Waals surface area contributed by atoms with Crippen molar-refractivity contribution in [3.8, 4) is 11.6 Å². The van der Waals surface area contributed by atoms with Gasteiger partial charge in [-0.15, -0.1) is 0 Å². The van der Waals surface area contributed by atoms with Gasteiger partial charge in [-0.3, -0.25) is 19.3 Å². The van der Waals surface area contributed by atoms with Crippen LogP contribution in [0.5, 0.6) is 5.88 Å². The Kier molecular flexibility index (Phi) is 6.76. The molecule has 1 aromatic heterocycles. The van der Waals surface area contributed by atoms with Gasteiger partial charge in [0.1, 0.15) is 11.4 Å². The number of aliphatic imine (C=N–C) groups is 1. The number of aromatic nitrogens is 2. The second-order valence-corrected chi connectivity index (χ2v) is 6.77. The van der Waals surface area contributed by atoms with E-state index < -0.39 is 17.3 Å². The minimum absolute atomic E-state index is 0.0193. The van der Waals surface area contributed by atoms with E-state index in [1.54, 1.807) is 12.1 Å². The Bertz CT molecular complexity index is 1150. The fraction of sp³-hybridized carbons (Fsp3) is 0.190. The minimum Gasteiger partial charge on any atom is -0.494 e. The lowest BCUT2D eigenvalue weighted by atomic mass is 10.2. The number of hydrogen-bond acceptors (Lipinski definition) is 6. The first-order valence-corrected chi connectivity index (χ1v) is 9.69. The van der Waals surface area contributed by atoms with Crippen LogP contribution in [0.2, 0.25) is 0 Å². The number of halogens is 1. The average molecular weight is 428 g/mol. The third kappa shape index (κ3) is 4.64. The molecule has 0 aliphatic rings. The van der Waals surface area contributed by atoms with Crippen LogP contribution in [0.4, 0.5) is 15.8 Å². The van der Waals surface area contributed by atoms with Gasteiger partial charge in [0.2, 0.25) is 5.88 Å². The van der Waals surface area contributed by atoms with Gasteiger partial charge in [-0.25, -0.2) is 4.39 Å². The van der Waals surface area contributed by atoms with Crippen LogP contribution in [0.1, 0.15) is 12.5 Å². The van der Waals surface area contributed by atoms with E-state index in [1.807, 2.05) is 24.0 Å². The van der Waals surface area contributed by atoms with Gasteiger partial charge in [-0.2, -0.15) is 0 Å². The van der Waals surface area contributed by atoms with Crippen LogP contribution in [0.15, 0.2) is 58.3 Å². The van der Waals surface area contributed by atoms with E-state index in [0.717, 1.165) is 12.2 Å². The summed E-state index contributed by atoms with van der Waals surface area (Å²) >= 11 is 5.14. The van der Waals surface area contributed by atoms with Crippen LogP contribution in [0, 0.1) is 10.6 Å². The summed E-state index contributed by atoms with van der Waals surface area (Å²) in [5.41, 5.74) is 1.26. The van der Waals surface area contributed by atoms with Crippen molar-refractivity contribution < 1.29 is 14.6 Å². The van der Waals surface area contributed by atoms with Gasteiger partial charge in [0.15, 0.2) is 4.77 Å². The van der Waals surface area contributed by atoms with Crippen LogP contribution in [-0.2, 0) is 0 Å². The summed E-state index contributed by atoms with van der Waals surface area (Å²) in [6.07, 6.45) is 1.25. The number of benzene rings is 2. The van der Waals surface area contributed by atoms with Crippen molar-refractivity contribution >= 4 is 29.8 Å². The molecule has 0 bridgehead atoms. The van der Waals surface area contributed by atoms with E-state index in [1.165, 1.54) is 35.0 Å². The molecule has 7 nitrogen and oxygen atoms in total. The lowest BCUT2D eigenvalue weighted by Gasteiger charge is -2.21. The molecule has 0 atom stereocenters. The number of aliphatic hydroxyl groups excluding tert-OH is 1. The Balaban J connectivity index is 1.94. The van der Waals surface area contributed by atoms with E-state index >= 15 is 0 Å². The quantitative estimate of drug-likeness (QED) is 0.397. The summed E-state index contributed by atoms with van der Waals surface area (Å²) in [6.45, 7) is 3.33. The Labute approximate surface area is 177 Å². The molecule has 0 saturated heterocycles. The number of rotatable bonds is 7. The maximum absolute atomic E-state index is 13.2. The van der Waals surface area contributed by atoms with Crippen LogP contribution in [0.3, 0.4) is 0 Å². The third-order valence-electron chi connectivity index (χ3n) is 4.51. The number of nitrogens with one attached hydrogen (secondary N) is 1. The summed E-state index contributed by atoms with van der Waals surface area (Å²) in [5, 5.41) is 19.8. The summed E-state index contributed by atoms with van der Waals surface area (Å²) in [7, 11) is 0. The smallest absolute Gasteiger partial charge is 0.264 e. The van der Waals surface area contributed by atoms with Gasteiger partial charge in [-0.05, 0) is 67.7 Å². The van der Waals surface area contributed by atoms with E-state index in [9.17, 15) is 14.3 Å². The number of anilines is 1. The molecule has 2 aromatic carbocycles. The van der Waals surface area contributed by atoms with Gasteiger partial charge in [0.25, 0.3) is 5.56 Å². The number of nitrogens with zero attached hydrogens (tertiary/aromatic N) is 3. The zero-order valence-electron chi connectivity index (χ0n) is 16.2. The Morgan fingerprint density at radius 1 is 1.20 bits per heavy atom. The second-order valence-electron chi connectivity index (χ2n) is 6.39. The molecule has 3 aromatic rings. The third-order valence-corrected chi connectivity index (χ3v) is 4.80. The summed E-state index contributed by atoms with van der Waals surface area (Å²) in [5.74, 6) is -0.823. The van der Waals surface area contributed by atoms with Crippen LogP contribution in [-0.4, -0.2) is 45.7 Å². The zero-order chi connectivity index (χ0) is 21.7. The van der Waals surface area contributed by atoms with E-state index in [4.69, 9.17) is 17.3 Å².